The van der Waals surface area contributed by atoms with E-state index in [1.165, 1.54) is 25.7 Å². The predicted octanol–water partition coefficient (Wildman–Crippen LogP) is 2.31. The average Bonchev–Trinajstić information content (AvgIpc) is 3.21. The molecule has 0 atom stereocenters. The molecule has 0 unspecified atom stereocenters. The molecule has 1 saturated carbocycles. The molecular weight excluding hydrogens is 442 g/mol. The van der Waals surface area contributed by atoms with Gasteiger partial charge in [-0.15, -0.1) is 0 Å². The Balaban J connectivity index is 0.000000629. The third-order valence-electron chi connectivity index (χ3n) is 5.45. The summed E-state index contributed by atoms with van der Waals surface area (Å²) in [5.41, 5.74) is 6.15. The van der Waals surface area contributed by atoms with Crippen molar-refractivity contribution in [2.45, 2.75) is 52.0 Å². The summed E-state index contributed by atoms with van der Waals surface area (Å²) in [5.74, 6) is -0.401. The SMILES string of the molecule is CC(=O)O.CC(=O)O.COc1ccc(C(=O)N2CCCN(C3CCCC3)CC2)c(OCCN)c1. The molecule has 0 aromatic heterocycles. The highest BCUT2D eigenvalue weighted by Gasteiger charge is 2.27. The van der Waals surface area contributed by atoms with Crippen LogP contribution in [-0.2, 0) is 9.59 Å². The van der Waals surface area contributed by atoms with Crippen molar-refractivity contribution in [3.63, 3.8) is 0 Å². The second kappa shape index (κ2) is 15.9. The zero-order valence-corrected chi connectivity index (χ0v) is 20.5. The zero-order valence-electron chi connectivity index (χ0n) is 20.5. The lowest BCUT2D eigenvalue weighted by atomic mass is 10.1. The molecule has 1 aromatic carbocycles. The molecule has 1 heterocycles. The minimum Gasteiger partial charge on any atom is -0.497 e. The van der Waals surface area contributed by atoms with Gasteiger partial charge in [-0.1, -0.05) is 12.8 Å². The van der Waals surface area contributed by atoms with E-state index in [0.717, 1.165) is 52.5 Å². The number of carbonyl (C=O) groups is 3. The Labute approximate surface area is 201 Å². The van der Waals surface area contributed by atoms with Crippen LogP contribution in [0.1, 0.15) is 56.3 Å². The van der Waals surface area contributed by atoms with E-state index in [0.29, 0.717) is 30.2 Å². The first kappa shape index (κ1) is 29.2. The van der Waals surface area contributed by atoms with E-state index >= 15 is 0 Å². The second-order valence-corrected chi connectivity index (χ2v) is 8.16. The Morgan fingerprint density at radius 2 is 1.62 bits per heavy atom. The van der Waals surface area contributed by atoms with Crippen LogP contribution in [0.4, 0.5) is 0 Å². The van der Waals surface area contributed by atoms with Crippen LogP contribution in [0.5, 0.6) is 11.5 Å². The van der Waals surface area contributed by atoms with Gasteiger partial charge in [0.2, 0.25) is 0 Å². The van der Waals surface area contributed by atoms with Crippen LogP contribution < -0.4 is 15.2 Å². The van der Waals surface area contributed by atoms with Crippen molar-refractivity contribution < 1.29 is 34.1 Å². The Bertz CT molecular complexity index is 762. The van der Waals surface area contributed by atoms with Gasteiger partial charge in [0.1, 0.15) is 18.1 Å². The first-order chi connectivity index (χ1) is 16.2. The van der Waals surface area contributed by atoms with E-state index in [1.54, 1.807) is 19.2 Å². The largest absolute Gasteiger partial charge is 0.497 e. The maximum atomic E-state index is 13.1. The molecule has 1 saturated heterocycles. The molecule has 2 aliphatic rings. The molecule has 1 aromatic rings. The van der Waals surface area contributed by atoms with Crippen molar-refractivity contribution in [3.8, 4) is 11.5 Å². The predicted molar refractivity (Wildman–Crippen MR) is 129 cm³/mol. The maximum absolute atomic E-state index is 13.1. The van der Waals surface area contributed by atoms with Crippen LogP contribution in [0.15, 0.2) is 18.2 Å². The number of aliphatic carboxylic acids is 2. The van der Waals surface area contributed by atoms with Gasteiger partial charge in [0.15, 0.2) is 0 Å². The van der Waals surface area contributed by atoms with Crippen LogP contribution >= 0.6 is 0 Å². The number of rotatable bonds is 6. The van der Waals surface area contributed by atoms with Crippen LogP contribution in [0.3, 0.4) is 0 Å². The molecular formula is C24H39N3O7. The summed E-state index contributed by atoms with van der Waals surface area (Å²) >= 11 is 0. The van der Waals surface area contributed by atoms with Crippen LogP contribution in [0.2, 0.25) is 0 Å². The lowest BCUT2D eigenvalue weighted by Crippen LogP contribution is -2.38. The molecule has 2 fully saturated rings. The molecule has 10 heteroatoms. The fourth-order valence-corrected chi connectivity index (χ4v) is 4.04. The number of hydrogen-bond donors (Lipinski definition) is 3. The van der Waals surface area contributed by atoms with Gasteiger partial charge in [-0.3, -0.25) is 19.3 Å². The number of nitrogens with two attached hydrogens (primary N) is 1. The number of ether oxygens (including phenoxy) is 2. The molecule has 1 amide bonds. The standard InChI is InChI=1S/C20H31N3O3.2C2H4O2/c1-25-17-7-8-18(19(15-17)26-14-9-21)20(24)23-11-4-10-22(12-13-23)16-5-2-3-6-16;2*1-2(3)4/h7-8,15-16H,2-6,9-14,21H2,1H3;2*1H3,(H,3,4). The third-order valence-corrected chi connectivity index (χ3v) is 5.45. The van der Waals surface area contributed by atoms with Gasteiger partial charge in [-0.2, -0.15) is 0 Å². The fourth-order valence-electron chi connectivity index (χ4n) is 4.04. The van der Waals surface area contributed by atoms with Crippen LogP contribution in [-0.4, -0.2) is 90.3 Å². The topological polar surface area (TPSA) is 143 Å². The summed E-state index contributed by atoms with van der Waals surface area (Å²) in [7, 11) is 1.61. The minimum atomic E-state index is -0.833. The van der Waals surface area contributed by atoms with Gasteiger partial charge in [0.25, 0.3) is 17.8 Å². The summed E-state index contributed by atoms with van der Waals surface area (Å²) in [6.07, 6.45) is 6.33. The molecule has 34 heavy (non-hydrogen) atoms. The van der Waals surface area contributed by atoms with E-state index < -0.39 is 11.9 Å². The van der Waals surface area contributed by atoms with Gasteiger partial charge in [0.05, 0.1) is 12.7 Å². The van der Waals surface area contributed by atoms with Crippen molar-refractivity contribution in [1.29, 1.82) is 0 Å². The summed E-state index contributed by atoms with van der Waals surface area (Å²) in [4.78, 5) is 35.7. The first-order valence-electron chi connectivity index (χ1n) is 11.6. The smallest absolute Gasteiger partial charge is 0.300 e. The quantitative estimate of drug-likeness (QED) is 0.558. The summed E-state index contributed by atoms with van der Waals surface area (Å²) in [6, 6.07) is 6.10. The molecule has 4 N–H and O–H groups in total. The van der Waals surface area contributed by atoms with E-state index in [-0.39, 0.29) is 5.91 Å². The molecule has 3 rings (SSSR count). The maximum Gasteiger partial charge on any atom is 0.300 e. The third kappa shape index (κ3) is 10.8. The number of hydrogen-bond acceptors (Lipinski definition) is 7. The number of amides is 1. The minimum absolute atomic E-state index is 0.0351. The number of benzene rings is 1. The molecule has 1 aliphatic heterocycles. The number of carbonyl (C=O) groups excluding carboxylic acids is 1. The van der Waals surface area contributed by atoms with Crippen molar-refractivity contribution in [3.05, 3.63) is 23.8 Å². The van der Waals surface area contributed by atoms with E-state index in [4.69, 9.17) is 35.0 Å². The van der Waals surface area contributed by atoms with Crippen LogP contribution in [0.25, 0.3) is 0 Å². The first-order valence-corrected chi connectivity index (χ1v) is 11.6. The molecule has 0 bridgehead atoms. The fraction of sp³-hybridized carbons (Fsp3) is 0.625. The van der Waals surface area contributed by atoms with Crippen molar-refractivity contribution in [2.24, 2.45) is 5.73 Å². The van der Waals surface area contributed by atoms with Crippen molar-refractivity contribution in [2.75, 3.05) is 46.4 Å². The molecule has 0 radical (unpaired) electrons. The Morgan fingerprint density at radius 3 is 2.18 bits per heavy atom. The summed E-state index contributed by atoms with van der Waals surface area (Å²) < 4.78 is 11.0. The molecule has 0 spiro atoms. The molecule has 1 aliphatic carbocycles. The number of nitrogens with zero attached hydrogens (tertiary/aromatic N) is 2. The Kier molecular flexibility index (Phi) is 13.6. The monoisotopic (exact) mass is 481 g/mol. The highest BCUT2D eigenvalue weighted by molar-refractivity contribution is 5.97. The average molecular weight is 482 g/mol. The van der Waals surface area contributed by atoms with Gasteiger partial charge in [-0.25, -0.2) is 0 Å². The number of carboxylic acids is 2. The van der Waals surface area contributed by atoms with Crippen molar-refractivity contribution >= 4 is 17.8 Å². The summed E-state index contributed by atoms with van der Waals surface area (Å²) in [6.45, 7) is 6.58. The van der Waals surface area contributed by atoms with Gasteiger partial charge >= 0.3 is 0 Å². The molecule has 192 valence electrons. The highest BCUT2D eigenvalue weighted by Crippen LogP contribution is 2.28. The van der Waals surface area contributed by atoms with Crippen molar-refractivity contribution in [1.82, 2.24) is 9.80 Å². The molecule has 10 nitrogen and oxygen atoms in total. The van der Waals surface area contributed by atoms with Gasteiger partial charge in [0, 0.05) is 58.7 Å². The Morgan fingerprint density at radius 1 is 1.00 bits per heavy atom. The van der Waals surface area contributed by atoms with Gasteiger partial charge < -0.3 is 30.3 Å². The lowest BCUT2D eigenvalue weighted by Gasteiger charge is -2.27. The van der Waals surface area contributed by atoms with E-state index in [2.05, 4.69) is 4.90 Å². The van der Waals surface area contributed by atoms with Crippen LogP contribution in [0, 0.1) is 0 Å². The number of carboxylic acid groups (broad SMARTS) is 2. The normalized spacial score (nSPS) is 16.3. The van der Waals surface area contributed by atoms with E-state index in [9.17, 15) is 4.79 Å². The van der Waals surface area contributed by atoms with Gasteiger partial charge in [-0.05, 0) is 31.4 Å². The zero-order chi connectivity index (χ0) is 25.5. The summed E-state index contributed by atoms with van der Waals surface area (Å²) in [5, 5.41) is 14.8. The van der Waals surface area contributed by atoms with E-state index in [1.807, 2.05) is 11.0 Å². The second-order valence-electron chi connectivity index (χ2n) is 8.16. The highest BCUT2D eigenvalue weighted by atomic mass is 16.5. The number of methoxy groups -OCH3 is 1. The Hall–Kier alpha value is -2.85. The lowest BCUT2D eigenvalue weighted by molar-refractivity contribution is -0.135.